The van der Waals surface area contributed by atoms with Crippen molar-refractivity contribution < 1.29 is 18.3 Å². The third kappa shape index (κ3) is 4.78. The molecular weight excluding hydrogens is 372 g/mol. The molecule has 0 aromatic carbocycles. The minimum absolute atomic E-state index is 0.230. The van der Waals surface area contributed by atoms with E-state index in [0.717, 1.165) is 10.4 Å². The molecule has 3 aromatic heterocycles. The number of rotatable bonds is 7. The summed E-state index contributed by atoms with van der Waals surface area (Å²) in [6.45, 7) is -2.89. The van der Waals surface area contributed by atoms with Crippen molar-refractivity contribution in [1.82, 2.24) is 24.6 Å². The highest BCUT2D eigenvalue weighted by atomic mass is 19.3. The summed E-state index contributed by atoms with van der Waals surface area (Å²) in [5.41, 5.74) is 1.33. The van der Waals surface area contributed by atoms with Crippen LogP contribution in [0.1, 0.15) is 5.69 Å². The Kier molecular flexibility index (Phi) is 5.78. The fraction of sp³-hybridized carbons (Fsp3) is 0.222. The number of nitrogens with zero attached hydrogens (tertiary/aromatic N) is 4. The Morgan fingerprint density at radius 2 is 2.07 bits per heavy atom. The van der Waals surface area contributed by atoms with Crippen molar-refractivity contribution in [3.63, 3.8) is 0 Å². The van der Waals surface area contributed by atoms with E-state index >= 15 is 0 Å². The SMILES string of the molecule is Cn1cccc1CNC(=O)Cn1nc(-c2ccc(OC(F)F)nc2)ccc1=O. The Bertz CT molecular complexity index is 1010. The molecule has 0 saturated carbocycles. The second kappa shape index (κ2) is 8.42. The van der Waals surface area contributed by atoms with E-state index in [0.29, 0.717) is 17.8 Å². The Labute approximate surface area is 158 Å². The maximum absolute atomic E-state index is 12.2. The van der Waals surface area contributed by atoms with Crippen LogP contribution in [0.4, 0.5) is 8.78 Å². The van der Waals surface area contributed by atoms with Crippen molar-refractivity contribution in [2.45, 2.75) is 19.7 Å². The molecule has 1 N–H and O–H groups in total. The molecule has 3 aromatic rings. The highest BCUT2D eigenvalue weighted by Gasteiger charge is 2.10. The van der Waals surface area contributed by atoms with Crippen LogP contribution in [-0.2, 0) is 24.9 Å². The normalized spacial score (nSPS) is 10.9. The molecule has 1 amide bonds. The van der Waals surface area contributed by atoms with E-state index in [-0.39, 0.29) is 18.3 Å². The number of amides is 1. The van der Waals surface area contributed by atoms with Gasteiger partial charge in [0.05, 0.1) is 12.2 Å². The Hall–Kier alpha value is -3.56. The molecule has 0 unspecified atom stereocenters. The number of nitrogens with one attached hydrogen (secondary N) is 1. The van der Waals surface area contributed by atoms with Crippen LogP contribution in [0, 0.1) is 0 Å². The van der Waals surface area contributed by atoms with Gasteiger partial charge in [0.15, 0.2) is 0 Å². The lowest BCUT2D eigenvalue weighted by Crippen LogP contribution is -2.33. The van der Waals surface area contributed by atoms with Crippen LogP contribution in [0.25, 0.3) is 11.3 Å². The zero-order valence-electron chi connectivity index (χ0n) is 14.9. The number of aryl methyl sites for hydroxylation is 1. The maximum Gasteiger partial charge on any atom is 0.388 e. The molecule has 0 aliphatic rings. The zero-order chi connectivity index (χ0) is 20.1. The maximum atomic E-state index is 12.2. The van der Waals surface area contributed by atoms with Crippen LogP contribution in [0.5, 0.6) is 5.88 Å². The molecular formula is C18H17F2N5O3. The molecule has 8 nitrogen and oxygen atoms in total. The molecule has 0 radical (unpaired) electrons. The van der Waals surface area contributed by atoms with Crippen LogP contribution >= 0.6 is 0 Å². The van der Waals surface area contributed by atoms with Crippen LogP contribution in [0.15, 0.2) is 53.6 Å². The average molecular weight is 389 g/mol. The minimum atomic E-state index is -2.97. The lowest BCUT2D eigenvalue weighted by molar-refractivity contribution is -0.122. The first-order valence-corrected chi connectivity index (χ1v) is 8.28. The predicted molar refractivity (Wildman–Crippen MR) is 95.6 cm³/mol. The highest BCUT2D eigenvalue weighted by Crippen LogP contribution is 2.18. The van der Waals surface area contributed by atoms with Crippen molar-refractivity contribution >= 4 is 5.91 Å². The van der Waals surface area contributed by atoms with Gasteiger partial charge >= 0.3 is 6.61 Å². The van der Waals surface area contributed by atoms with E-state index in [1.807, 2.05) is 29.9 Å². The number of ether oxygens (including phenoxy) is 1. The molecule has 0 bridgehead atoms. The van der Waals surface area contributed by atoms with E-state index in [9.17, 15) is 18.4 Å². The van der Waals surface area contributed by atoms with Crippen molar-refractivity contribution in [2.75, 3.05) is 0 Å². The molecule has 3 heterocycles. The summed E-state index contributed by atoms with van der Waals surface area (Å²) in [5.74, 6) is -0.598. The number of halogens is 2. The van der Waals surface area contributed by atoms with Gasteiger partial charge in [-0.2, -0.15) is 13.9 Å². The summed E-state index contributed by atoms with van der Waals surface area (Å²) in [7, 11) is 1.86. The van der Waals surface area contributed by atoms with Crippen molar-refractivity contribution in [1.29, 1.82) is 0 Å². The molecule has 0 aliphatic heterocycles. The number of alkyl halides is 2. The molecule has 28 heavy (non-hydrogen) atoms. The molecule has 146 valence electrons. The minimum Gasteiger partial charge on any atom is -0.417 e. The Balaban J connectivity index is 1.69. The van der Waals surface area contributed by atoms with Gasteiger partial charge in [-0.3, -0.25) is 9.59 Å². The van der Waals surface area contributed by atoms with E-state index < -0.39 is 12.2 Å². The number of hydrogen-bond acceptors (Lipinski definition) is 5. The van der Waals surface area contributed by atoms with E-state index in [1.54, 1.807) is 0 Å². The fourth-order valence-electron chi connectivity index (χ4n) is 2.47. The summed E-state index contributed by atoms with van der Waals surface area (Å²) in [6.07, 6.45) is 3.16. The summed E-state index contributed by atoms with van der Waals surface area (Å²) < 4.78 is 31.5. The van der Waals surface area contributed by atoms with Crippen LogP contribution < -0.4 is 15.6 Å². The van der Waals surface area contributed by atoms with Gasteiger partial charge in [0.25, 0.3) is 5.56 Å². The van der Waals surface area contributed by atoms with Gasteiger partial charge in [-0.15, -0.1) is 0 Å². The number of aromatic nitrogens is 4. The molecule has 0 spiro atoms. The molecule has 3 rings (SSSR count). The quantitative estimate of drug-likeness (QED) is 0.662. The lowest BCUT2D eigenvalue weighted by atomic mass is 10.2. The molecule has 10 heteroatoms. The standard InChI is InChI=1S/C18H17F2N5O3/c1-24-8-2-3-13(24)10-21-15(26)11-25-17(27)7-5-14(23-25)12-4-6-16(22-9-12)28-18(19)20/h2-9,18H,10-11H2,1H3,(H,21,26). The number of carbonyl (C=O) groups is 1. The van der Waals surface area contributed by atoms with Gasteiger partial charge in [-0.05, 0) is 24.3 Å². The third-order valence-corrected chi connectivity index (χ3v) is 3.92. The first-order chi connectivity index (χ1) is 13.4. The summed E-state index contributed by atoms with van der Waals surface area (Å²) in [5, 5.41) is 6.87. The van der Waals surface area contributed by atoms with Crippen LogP contribution in [-0.4, -0.2) is 31.9 Å². The fourth-order valence-corrected chi connectivity index (χ4v) is 2.47. The number of pyridine rings is 1. The van der Waals surface area contributed by atoms with Crippen molar-refractivity contribution in [3.8, 4) is 17.1 Å². The average Bonchev–Trinajstić information content (AvgIpc) is 3.07. The van der Waals surface area contributed by atoms with Crippen LogP contribution in [0.2, 0.25) is 0 Å². The Morgan fingerprint density at radius 3 is 2.71 bits per heavy atom. The summed E-state index contributed by atoms with van der Waals surface area (Å²) >= 11 is 0. The lowest BCUT2D eigenvalue weighted by Gasteiger charge is -2.09. The third-order valence-electron chi connectivity index (χ3n) is 3.92. The van der Waals surface area contributed by atoms with Gasteiger partial charge in [-0.1, -0.05) is 0 Å². The van der Waals surface area contributed by atoms with Gasteiger partial charge in [-0.25, -0.2) is 9.67 Å². The largest absolute Gasteiger partial charge is 0.417 e. The van der Waals surface area contributed by atoms with Gasteiger partial charge < -0.3 is 14.6 Å². The number of hydrogen-bond donors (Lipinski definition) is 1. The smallest absolute Gasteiger partial charge is 0.388 e. The molecule has 0 atom stereocenters. The van der Waals surface area contributed by atoms with E-state index in [1.165, 1.54) is 30.5 Å². The first kappa shape index (κ1) is 19.2. The molecule has 0 saturated heterocycles. The predicted octanol–water partition coefficient (Wildman–Crippen LogP) is 1.56. The monoisotopic (exact) mass is 389 g/mol. The summed E-state index contributed by atoms with van der Waals surface area (Å²) in [4.78, 5) is 27.9. The highest BCUT2D eigenvalue weighted by molar-refractivity contribution is 5.75. The van der Waals surface area contributed by atoms with Crippen LogP contribution in [0.3, 0.4) is 0 Å². The Morgan fingerprint density at radius 1 is 1.25 bits per heavy atom. The van der Waals surface area contributed by atoms with Gasteiger partial charge in [0, 0.05) is 42.8 Å². The van der Waals surface area contributed by atoms with Gasteiger partial charge in [0.1, 0.15) is 6.54 Å². The second-order valence-electron chi connectivity index (χ2n) is 5.87. The topological polar surface area (TPSA) is 91.0 Å². The zero-order valence-corrected chi connectivity index (χ0v) is 14.9. The molecule has 0 fully saturated rings. The molecule has 0 aliphatic carbocycles. The van der Waals surface area contributed by atoms with E-state index in [2.05, 4.69) is 20.1 Å². The second-order valence-corrected chi connectivity index (χ2v) is 5.87. The van der Waals surface area contributed by atoms with Gasteiger partial charge in [0.2, 0.25) is 11.8 Å². The van der Waals surface area contributed by atoms with Crippen molar-refractivity contribution in [3.05, 3.63) is 64.8 Å². The number of carbonyl (C=O) groups excluding carboxylic acids is 1. The first-order valence-electron chi connectivity index (χ1n) is 8.28. The summed E-state index contributed by atoms with van der Waals surface area (Å²) in [6, 6.07) is 9.23. The van der Waals surface area contributed by atoms with E-state index in [4.69, 9.17) is 0 Å². The van der Waals surface area contributed by atoms with Crippen molar-refractivity contribution in [2.24, 2.45) is 7.05 Å².